The van der Waals surface area contributed by atoms with Crippen LogP contribution in [-0.2, 0) is 14.0 Å². The molecule has 0 atom stereocenters. The van der Waals surface area contributed by atoms with E-state index >= 15 is 0 Å². The average Bonchev–Trinajstić information content (AvgIpc) is 2.16. The third kappa shape index (κ3) is 7.43. The van der Waals surface area contributed by atoms with Gasteiger partial charge in [-0.15, -0.1) is 24.7 Å². The molecule has 0 heterocycles. The summed E-state index contributed by atoms with van der Waals surface area (Å²) in [4.78, 5) is 0. The van der Waals surface area contributed by atoms with Crippen molar-refractivity contribution in [2.24, 2.45) is 0 Å². The molecule has 0 spiro atoms. The SMILES string of the molecule is C#CCCOB(OC)OCCC#C. The molecule has 70 valence electrons. The van der Waals surface area contributed by atoms with Gasteiger partial charge in [-0.25, -0.2) is 0 Å². The molecular formula is C9H13BO3. The smallest absolute Gasteiger partial charge is 0.389 e. The van der Waals surface area contributed by atoms with E-state index < -0.39 is 7.32 Å². The molecule has 0 saturated heterocycles. The first-order chi connectivity index (χ1) is 6.35. The molecule has 0 aromatic rings. The quantitative estimate of drug-likeness (QED) is 0.328. The lowest BCUT2D eigenvalue weighted by Gasteiger charge is -2.09. The van der Waals surface area contributed by atoms with Crippen LogP contribution in [0.15, 0.2) is 0 Å². The van der Waals surface area contributed by atoms with Gasteiger partial charge in [-0.05, 0) is 0 Å². The Balaban J connectivity index is 3.41. The van der Waals surface area contributed by atoms with Gasteiger partial charge in [0.05, 0.1) is 0 Å². The zero-order chi connectivity index (χ0) is 9.94. The van der Waals surface area contributed by atoms with Crippen molar-refractivity contribution in [3.8, 4) is 24.7 Å². The minimum Gasteiger partial charge on any atom is -0.389 e. The molecule has 0 aliphatic heterocycles. The van der Waals surface area contributed by atoms with Crippen molar-refractivity contribution in [1.29, 1.82) is 0 Å². The van der Waals surface area contributed by atoms with Gasteiger partial charge in [0.1, 0.15) is 0 Å². The van der Waals surface area contributed by atoms with Crippen LogP contribution in [0.3, 0.4) is 0 Å². The van der Waals surface area contributed by atoms with Crippen LogP contribution in [0.4, 0.5) is 0 Å². The summed E-state index contributed by atoms with van der Waals surface area (Å²) < 4.78 is 15.1. The van der Waals surface area contributed by atoms with Crippen LogP contribution in [0.2, 0.25) is 0 Å². The summed E-state index contributed by atoms with van der Waals surface area (Å²) >= 11 is 0. The molecule has 3 nitrogen and oxygen atoms in total. The lowest BCUT2D eigenvalue weighted by Crippen LogP contribution is -2.26. The molecule has 0 aromatic carbocycles. The van der Waals surface area contributed by atoms with Gasteiger partial charge in [0.15, 0.2) is 0 Å². The molecular weight excluding hydrogens is 167 g/mol. The minimum atomic E-state index is -0.665. The van der Waals surface area contributed by atoms with Crippen molar-refractivity contribution in [2.45, 2.75) is 12.8 Å². The average molecular weight is 180 g/mol. The monoisotopic (exact) mass is 180 g/mol. The largest absolute Gasteiger partial charge is 0.639 e. The van der Waals surface area contributed by atoms with Crippen LogP contribution in [-0.4, -0.2) is 27.6 Å². The fourth-order valence-corrected chi connectivity index (χ4v) is 0.612. The number of hydrogen-bond donors (Lipinski definition) is 0. The van der Waals surface area contributed by atoms with E-state index in [9.17, 15) is 0 Å². The Morgan fingerprint density at radius 3 is 1.85 bits per heavy atom. The Bertz CT molecular complexity index is 172. The predicted molar refractivity (Wildman–Crippen MR) is 51.6 cm³/mol. The molecule has 0 aromatic heterocycles. The highest BCUT2D eigenvalue weighted by molar-refractivity contribution is 6.36. The minimum absolute atomic E-state index is 0.422. The van der Waals surface area contributed by atoms with Crippen molar-refractivity contribution in [1.82, 2.24) is 0 Å². The highest BCUT2D eigenvalue weighted by Gasteiger charge is 2.17. The highest BCUT2D eigenvalue weighted by atomic mass is 16.7. The molecule has 0 saturated carbocycles. The van der Waals surface area contributed by atoms with Gasteiger partial charge in [0.2, 0.25) is 0 Å². The summed E-state index contributed by atoms with van der Waals surface area (Å²) in [6.45, 7) is 0.843. The van der Waals surface area contributed by atoms with E-state index in [1.807, 2.05) is 0 Å². The second kappa shape index (κ2) is 9.16. The van der Waals surface area contributed by atoms with Gasteiger partial charge in [-0.3, -0.25) is 0 Å². The molecule has 13 heavy (non-hydrogen) atoms. The normalized spacial score (nSPS) is 8.85. The van der Waals surface area contributed by atoms with Crippen LogP contribution in [0.5, 0.6) is 0 Å². The molecule has 0 unspecified atom stereocenters. The molecule has 0 amide bonds. The van der Waals surface area contributed by atoms with Crippen LogP contribution >= 0.6 is 0 Å². The topological polar surface area (TPSA) is 27.7 Å². The zero-order valence-corrected chi connectivity index (χ0v) is 7.79. The first-order valence-electron chi connectivity index (χ1n) is 3.98. The number of terminal acetylenes is 2. The van der Waals surface area contributed by atoms with Gasteiger partial charge in [0.25, 0.3) is 0 Å². The van der Waals surface area contributed by atoms with Gasteiger partial charge in [-0.1, -0.05) is 0 Å². The van der Waals surface area contributed by atoms with Crippen LogP contribution in [0.25, 0.3) is 0 Å². The third-order valence-corrected chi connectivity index (χ3v) is 1.19. The molecule has 0 radical (unpaired) electrons. The van der Waals surface area contributed by atoms with E-state index in [1.54, 1.807) is 0 Å². The van der Waals surface area contributed by atoms with E-state index in [2.05, 4.69) is 11.8 Å². The van der Waals surface area contributed by atoms with Gasteiger partial charge < -0.3 is 14.0 Å². The summed E-state index contributed by atoms with van der Waals surface area (Å²) in [6.07, 6.45) is 11.2. The van der Waals surface area contributed by atoms with Gasteiger partial charge in [0, 0.05) is 33.2 Å². The Morgan fingerprint density at radius 2 is 1.54 bits per heavy atom. The molecule has 0 N–H and O–H groups in total. The van der Waals surface area contributed by atoms with Crippen molar-refractivity contribution >= 4 is 7.32 Å². The summed E-state index contributed by atoms with van der Waals surface area (Å²) in [5.41, 5.74) is 0. The summed E-state index contributed by atoms with van der Waals surface area (Å²) in [7, 11) is 0.831. The first-order valence-corrected chi connectivity index (χ1v) is 3.98. The van der Waals surface area contributed by atoms with Crippen molar-refractivity contribution < 1.29 is 14.0 Å². The summed E-state index contributed by atoms with van der Waals surface area (Å²) in [5.74, 6) is 4.89. The van der Waals surface area contributed by atoms with Gasteiger partial charge >= 0.3 is 7.32 Å². The van der Waals surface area contributed by atoms with E-state index in [-0.39, 0.29) is 0 Å². The first kappa shape index (κ1) is 12.1. The zero-order valence-electron chi connectivity index (χ0n) is 7.79. The second-order valence-corrected chi connectivity index (χ2v) is 2.17. The molecule has 0 rings (SSSR count). The van der Waals surface area contributed by atoms with Crippen molar-refractivity contribution in [3.05, 3.63) is 0 Å². The molecule has 0 bridgehead atoms. The van der Waals surface area contributed by atoms with Crippen LogP contribution in [0, 0.1) is 24.7 Å². The maximum absolute atomic E-state index is 5.12. The molecule has 4 heteroatoms. The van der Waals surface area contributed by atoms with Crippen LogP contribution < -0.4 is 0 Å². The Morgan fingerprint density at radius 1 is 1.08 bits per heavy atom. The predicted octanol–water partition coefficient (Wildman–Crippen LogP) is 0.698. The second-order valence-electron chi connectivity index (χ2n) is 2.17. The van der Waals surface area contributed by atoms with Crippen molar-refractivity contribution in [2.75, 3.05) is 20.3 Å². The summed E-state index contributed by atoms with van der Waals surface area (Å²) in [6, 6.07) is 0. The van der Waals surface area contributed by atoms with Crippen molar-refractivity contribution in [3.63, 3.8) is 0 Å². The standard InChI is InChI=1S/C9H13BO3/c1-4-6-8-12-10(11-3)13-9-7-5-2/h1-2H,6-9H2,3H3. The Kier molecular flexibility index (Phi) is 8.50. The number of hydrogen-bond acceptors (Lipinski definition) is 3. The molecule has 0 aliphatic carbocycles. The Hall–Kier alpha value is -0.935. The third-order valence-electron chi connectivity index (χ3n) is 1.19. The van der Waals surface area contributed by atoms with E-state index in [0.717, 1.165) is 0 Å². The highest BCUT2D eigenvalue weighted by Crippen LogP contribution is 1.93. The lowest BCUT2D eigenvalue weighted by molar-refractivity contribution is 0.117. The Labute approximate surface area is 79.9 Å². The van der Waals surface area contributed by atoms with E-state index in [1.165, 1.54) is 7.11 Å². The van der Waals surface area contributed by atoms with E-state index in [4.69, 9.17) is 26.8 Å². The summed E-state index contributed by atoms with van der Waals surface area (Å²) in [5, 5.41) is 0. The lowest BCUT2D eigenvalue weighted by atomic mass is 10.2. The number of rotatable bonds is 7. The fourth-order valence-electron chi connectivity index (χ4n) is 0.612. The molecule has 0 fully saturated rings. The maximum atomic E-state index is 5.12. The van der Waals surface area contributed by atoms with E-state index in [0.29, 0.717) is 26.1 Å². The van der Waals surface area contributed by atoms with Gasteiger partial charge in [-0.2, -0.15) is 0 Å². The molecule has 0 aliphatic rings. The maximum Gasteiger partial charge on any atom is 0.639 e. The fraction of sp³-hybridized carbons (Fsp3) is 0.556. The van der Waals surface area contributed by atoms with Crippen LogP contribution in [0.1, 0.15) is 12.8 Å².